The van der Waals surface area contributed by atoms with E-state index in [9.17, 15) is 0 Å². The molecule has 0 bridgehead atoms. The molecule has 135 heavy (non-hydrogen) atoms. The summed E-state index contributed by atoms with van der Waals surface area (Å²) in [5.41, 5.74) is 35.6. The standard InChI is InChI=1S/C25H20N2.C22H21N.C21H21NSi.C19H15NO.C19H15NS.C17H13N3/c1-19-15-17-21(18-16-19)27-24-13-7-5-11-22(24)26(20-9-3-2-4-10-20)23-12-6-8-14-25(23)27;1-16-12-14-17(15-13-16)23-20-10-6-4-8-18(20)22(2,3)19-9-5-7-11-21(19)23;1-16-12-14-17(15-13-16)22-18-8-4-6-10-20(18)23(2,3)21-11-7-5-9-19(21)22;2*1-14-10-12-15(13-11-14)20-16-6-2-4-8-18(16)21-19-9-5-3-7-17(19)20;1-12-2-4-13(5-3-12)20-16-6-8-18-10-14(16)15-11-19-9-7-17(15)20/h2-18H,1H3;2*4-15H,1-3H3;2*2-13H,1H3;2-11H,1H3. The molecule has 0 radical (unpaired) electrons. The van der Waals surface area contributed by atoms with Crippen molar-refractivity contribution in [2.75, 3.05) is 29.4 Å². The third kappa shape index (κ3) is 17.2. The molecule has 10 nitrogen and oxygen atoms in total. The van der Waals surface area contributed by atoms with Gasteiger partial charge in [-0.05, 0) is 257 Å². The number of pyridine rings is 2. The van der Waals surface area contributed by atoms with E-state index in [1.54, 1.807) is 0 Å². The normalized spacial score (nSPS) is 13.2. The van der Waals surface area contributed by atoms with Crippen LogP contribution in [0.2, 0.25) is 13.1 Å². The summed E-state index contributed by atoms with van der Waals surface area (Å²) in [5, 5.41) is 5.30. The number of anilines is 18. The second-order valence-corrected chi connectivity index (χ2v) is 41.3. The van der Waals surface area contributed by atoms with Crippen LogP contribution >= 0.6 is 11.8 Å². The SMILES string of the molecule is Cc1ccc(-n2c3ccncc3c3cnccc32)cc1.Cc1ccc(N2c3ccccc3C(C)(C)c3ccccc32)cc1.Cc1ccc(N2c3ccccc3N(c3ccccc3)c3ccccc32)cc1.Cc1ccc(N2c3ccccc3Oc3ccccc32)cc1.Cc1ccc(N2c3ccccc3Sc3ccccc32)cc1.Cc1ccc(N2c3ccccc3[Si](C)(C)c3ccccc32)cc1. The lowest BCUT2D eigenvalue weighted by molar-refractivity contribution is 0.477. The third-order valence-corrected chi connectivity index (χ3v) is 30.7. The summed E-state index contributed by atoms with van der Waals surface area (Å²) in [6, 6.07) is 153. The summed E-state index contributed by atoms with van der Waals surface area (Å²) < 4.78 is 8.27. The Kier molecular flexibility index (Phi) is 24.3. The first kappa shape index (κ1) is 87.0. The fourth-order valence-electron chi connectivity index (χ4n) is 19.1. The van der Waals surface area contributed by atoms with Crippen molar-refractivity contribution in [2.24, 2.45) is 0 Å². The van der Waals surface area contributed by atoms with Crippen LogP contribution in [0.4, 0.5) is 102 Å². The van der Waals surface area contributed by atoms with Crippen LogP contribution in [-0.2, 0) is 5.41 Å². The van der Waals surface area contributed by atoms with Crippen molar-refractivity contribution in [1.82, 2.24) is 14.5 Å². The minimum absolute atomic E-state index is 0.00832. The van der Waals surface area contributed by atoms with Crippen molar-refractivity contribution >= 4 is 154 Å². The number of hydrogen-bond acceptors (Lipinski definition) is 10. The number of fused-ring (bicyclic) bond motifs is 13. The highest BCUT2D eigenvalue weighted by atomic mass is 32.2. The molecule has 658 valence electrons. The average molecular weight is 1790 g/mol. The van der Waals surface area contributed by atoms with E-state index < -0.39 is 8.07 Å². The van der Waals surface area contributed by atoms with Crippen molar-refractivity contribution in [3.8, 4) is 17.2 Å². The Hall–Kier alpha value is -16.0. The van der Waals surface area contributed by atoms with Gasteiger partial charge in [-0.3, -0.25) is 9.97 Å². The molecule has 0 N–H and O–H groups in total. The molecule has 12 heteroatoms. The Morgan fingerprint density at radius 3 is 0.852 bits per heavy atom. The fourth-order valence-corrected chi connectivity index (χ4v) is 23.1. The first-order valence-corrected chi connectivity index (χ1v) is 50.0. The fraction of sp³-hybridized carbons (Fsp3) is 0.0894. The average Bonchev–Trinajstić information content (AvgIpc) is 1.26. The number of hydrogen-bond donors (Lipinski definition) is 0. The summed E-state index contributed by atoms with van der Waals surface area (Å²) >= 11 is 1.84. The van der Waals surface area contributed by atoms with Crippen molar-refractivity contribution in [1.29, 1.82) is 0 Å². The van der Waals surface area contributed by atoms with Gasteiger partial charge in [0.2, 0.25) is 0 Å². The van der Waals surface area contributed by atoms with Gasteiger partial charge in [0.1, 0.15) is 8.07 Å². The predicted octanol–water partition coefficient (Wildman–Crippen LogP) is 33.3. The van der Waals surface area contributed by atoms with Crippen molar-refractivity contribution in [2.45, 2.75) is 83.7 Å². The zero-order valence-corrected chi connectivity index (χ0v) is 79.5. The third-order valence-electron chi connectivity index (χ3n) is 26.0. The van der Waals surface area contributed by atoms with Gasteiger partial charge >= 0.3 is 0 Å². The molecule has 3 aromatic heterocycles. The molecule has 5 aliphatic rings. The van der Waals surface area contributed by atoms with E-state index in [1.807, 2.05) is 72.9 Å². The lowest BCUT2D eigenvalue weighted by Crippen LogP contribution is -2.58. The summed E-state index contributed by atoms with van der Waals surface area (Å²) in [6.07, 6.45) is 7.48. The summed E-state index contributed by atoms with van der Waals surface area (Å²) in [4.78, 5) is 25.2. The van der Waals surface area contributed by atoms with E-state index in [2.05, 4.69) is 507 Å². The highest BCUT2D eigenvalue weighted by Gasteiger charge is 2.40. The molecule has 17 aromatic carbocycles. The predicted molar refractivity (Wildman–Crippen MR) is 572 cm³/mol. The number of para-hydroxylation sites is 15. The number of ether oxygens (including phenoxy) is 1. The molecule has 8 heterocycles. The Bertz CT molecular complexity index is 7080. The van der Waals surface area contributed by atoms with Crippen LogP contribution in [0.5, 0.6) is 11.5 Å². The van der Waals surface area contributed by atoms with E-state index >= 15 is 0 Å². The van der Waals surface area contributed by atoms with E-state index in [0.29, 0.717) is 0 Å². The van der Waals surface area contributed by atoms with Gasteiger partial charge in [-0.25, -0.2) is 0 Å². The number of rotatable bonds is 7. The molecule has 0 atom stereocenters. The number of nitrogens with zero attached hydrogens (tertiary/aromatic N) is 9. The molecule has 25 rings (SSSR count). The van der Waals surface area contributed by atoms with E-state index in [1.165, 1.54) is 150 Å². The van der Waals surface area contributed by atoms with Gasteiger partial charge < -0.3 is 38.7 Å². The van der Waals surface area contributed by atoms with Crippen LogP contribution in [0, 0.1) is 41.5 Å². The van der Waals surface area contributed by atoms with Crippen LogP contribution in [0.25, 0.3) is 27.5 Å². The molecular formula is C123H105N9OSSi. The molecule has 20 aromatic rings. The maximum Gasteiger partial charge on any atom is 0.151 e. The monoisotopic (exact) mass is 1780 g/mol. The smallest absolute Gasteiger partial charge is 0.151 e. The van der Waals surface area contributed by atoms with Gasteiger partial charge in [-0.15, -0.1) is 0 Å². The van der Waals surface area contributed by atoms with Crippen molar-refractivity contribution < 1.29 is 4.74 Å². The molecule has 0 fully saturated rings. The second kappa shape index (κ2) is 37.7. The quantitative estimate of drug-likeness (QED) is 0.144. The number of benzene rings is 17. The lowest BCUT2D eigenvalue weighted by Gasteiger charge is -2.42. The highest BCUT2D eigenvalue weighted by molar-refractivity contribution is 7.99. The topological polar surface area (TPSA) is 59.4 Å². The molecule has 0 unspecified atom stereocenters. The Labute approximate surface area is 798 Å². The van der Waals surface area contributed by atoms with Crippen LogP contribution in [0.3, 0.4) is 0 Å². The van der Waals surface area contributed by atoms with Gasteiger partial charge in [-0.2, -0.15) is 0 Å². The van der Waals surface area contributed by atoms with Crippen LogP contribution in [-0.4, -0.2) is 22.6 Å². The molecule has 0 saturated heterocycles. The van der Waals surface area contributed by atoms with Crippen molar-refractivity contribution in [3.63, 3.8) is 0 Å². The highest BCUT2D eigenvalue weighted by Crippen LogP contribution is 2.57. The minimum Gasteiger partial charge on any atom is -0.453 e. The Morgan fingerprint density at radius 2 is 0.489 bits per heavy atom. The van der Waals surface area contributed by atoms with Gasteiger partial charge in [0.25, 0.3) is 0 Å². The number of aromatic nitrogens is 3. The number of aryl methyl sites for hydroxylation is 6. The van der Waals surface area contributed by atoms with E-state index in [-0.39, 0.29) is 5.41 Å². The minimum atomic E-state index is -1.66. The maximum absolute atomic E-state index is 6.01. The molecule has 0 aliphatic carbocycles. The van der Waals surface area contributed by atoms with Crippen LogP contribution in [0.1, 0.15) is 58.4 Å². The first-order chi connectivity index (χ1) is 66.0. The Balaban J connectivity index is 0.000000101. The zero-order chi connectivity index (χ0) is 92.3. The van der Waals surface area contributed by atoms with Crippen LogP contribution in [0.15, 0.2) is 465 Å². The summed E-state index contributed by atoms with van der Waals surface area (Å²) in [5.74, 6) is 1.77. The van der Waals surface area contributed by atoms with Crippen molar-refractivity contribution in [3.05, 3.63) is 500 Å². The van der Waals surface area contributed by atoms with E-state index in [0.717, 1.165) is 56.1 Å². The molecule has 5 aliphatic heterocycles. The largest absolute Gasteiger partial charge is 0.453 e. The molecule has 0 spiro atoms. The molecule has 0 amide bonds. The van der Waals surface area contributed by atoms with E-state index in [4.69, 9.17) is 4.74 Å². The van der Waals surface area contributed by atoms with Gasteiger partial charge in [0.15, 0.2) is 11.5 Å². The molecular weight excluding hydrogens is 1680 g/mol. The lowest BCUT2D eigenvalue weighted by atomic mass is 9.73. The first-order valence-electron chi connectivity index (χ1n) is 46.2. The maximum atomic E-state index is 6.01. The molecule has 0 saturated carbocycles. The Morgan fingerprint density at radius 1 is 0.237 bits per heavy atom. The van der Waals surface area contributed by atoms with Gasteiger partial charge in [0, 0.05) is 102 Å². The summed E-state index contributed by atoms with van der Waals surface area (Å²) in [6.45, 7) is 22.3. The second-order valence-electron chi connectivity index (χ2n) is 35.9. The summed E-state index contributed by atoms with van der Waals surface area (Å²) in [7, 11) is -1.66. The van der Waals surface area contributed by atoms with Crippen LogP contribution < -0.4 is 44.5 Å². The van der Waals surface area contributed by atoms with Gasteiger partial charge in [0.05, 0.1) is 67.9 Å². The van der Waals surface area contributed by atoms with Gasteiger partial charge in [-0.1, -0.05) is 309 Å². The zero-order valence-electron chi connectivity index (χ0n) is 77.6.